The van der Waals surface area contributed by atoms with Gasteiger partial charge in [-0.3, -0.25) is 9.59 Å². The maximum absolute atomic E-state index is 13.0. The molecule has 2 aromatic heterocycles. The fourth-order valence-electron chi connectivity index (χ4n) is 3.79. The van der Waals surface area contributed by atoms with E-state index in [0.29, 0.717) is 28.5 Å². The van der Waals surface area contributed by atoms with Gasteiger partial charge in [-0.2, -0.15) is 0 Å². The monoisotopic (exact) mass is 425 g/mol. The van der Waals surface area contributed by atoms with Gasteiger partial charge in [-0.15, -0.1) is 0 Å². The van der Waals surface area contributed by atoms with E-state index in [-0.39, 0.29) is 11.0 Å². The van der Waals surface area contributed by atoms with E-state index < -0.39 is 5.91 Å². The quantitative estimate of drug-likeness (QED) is 0.679. The van der Waals surface area contributed by atoms with Crippen molar-refractivity contribution in [2.24, 2.45) is 13.0 Å². The minimum absolute atomic E-state index is 0.0923. The van der Waals surface area contributed by atoms with Crippen molar-refractivity contribution in [3.8, 4) is 0 Å². The highest BCUT2D eigenvalue weighted by molar-refractivity contribution is 6.30. The summed E-state index contributed by atoms with van der Waals surface area (Å²) in [5, 5.41) is 3.45. The lowest BCUT2D eigenvalue weighted by Gasteiger charge is -2.21. The van der Waals surface area contributed by atoms with E-state index >= 15 is 0 Å². The molecule has 1 aliphatic rings. The van der Waals surface area contributed by atoms with Crippen molar-refractivity contribution in [3.05, 3.63) is 74.7 Å². The Morgan fingerprint density at radius 1 is 1.20 bits per heavy atom. The third kappa shape index (κ3) is 4.55. The molecule has 156 valence electrons. The summed E-state index contributed by atoms with van der Waals surface area (Å²) in [5.41, 5.74) is 2.58. The molecule has 0 saturated carbocycles. The van der Waals surface area contributed by atoms with Crippen LogP contribution in [0.3, 0.4) is 0 Å². The van der Waals surface area contributed by atoms with E-state index in [1.807, 2.05) is 31.3 Å². The predicted octanol–water partition coefficient (Wildman–Crippen LogP) is 3.49. The minimum atomic E-state index is -0.413. The number of pyridine rings is 2. The van der Waals surface area contributed by atoms with Gasteiger partial charge in [0.1, 0.15) is 11.1 Å². The zero-order valence-electron chi connectivity index (χ0n) is 16.9. The Morgan fingerprint density at radius 3 is 2.67 bits per heavy atom. The van der Waals surface area contributed by atoms with Crippen LogP contribution in [0.2, 0.25) is 5.02 Å². The summed E-state index contributed by atoms with van der Waals surface area (Å²) in [6.07, 6.45) is 4.40. The molecule has 0 radical (unpaired) electrons. The normalized spacial score (nSPS) is 14.7. The second-order valence-corrected chi connectivity index (χ2v) is 8.16. The third-order valence-electron chi connectivity index (χ3n) is 5.54. The van der Waals surface area contributed by atoms with E-state index in [9.17, 15) is 9.59 Å². The first-order valence-electron chi connectivity index (χ1n) is 10.1. The van der Waals surface area contributed by atoms with Gasteiger partial charge >= 0.3 is 0 Å². The Labute approximate surface area is 179 Å². The van der Waals surface area contributed by atoms with E-state index in [4.69, 9.17) is 16.3 Å². The van der Waals surface area contributed by atoms with Gasteiger partial charge in [-0.1, -0.05) is 23.7 Å². The number of nitrogens with one attached hydrogen (secondary N) is 1. The number of carbonyl (C=O) groups is 1. The van der Waals surface area contributed by atoms with E-state index in [2.05, 4.69) is 10.3 Å². The fraction of sp³-hybridized carbons (Fsp3) is 0.348. The summed E-state index contributed by atoms with van der Waals surface area (Å²) >= 11 is 5.89. The molecule has 0 spiro atoms. The number of ether oxygens (including phenoxy) is 1. The first-order valence-corrected chi connectivity index (χ1v) is 10.5. The smallest absolute Gasteiger partial charge is 0.257 e. The molecule has 1 aromatic carbocycles. The molecule has 1 saturated heterocycles. The van der Waals surface area contributed by atoms with Crippen molar-refractivity contribution in [1.29, 1.82) is 0 Å². The summed E-state index contributed by atoms with van der Waals surface area (Å²) in [6, 6.07) is 11.1. The maximum Gasteiger partial charge on any atom is 0.257 e. The zero-order valence-corrected chi connectivity index (χ0v) is 17.6. The second-order valence-electron chi connectivity index (χ2n) is 7.72. The van der Waals surface area contributed by atoms with Crippen LogP contribution in [0, 0.1) is 5.92 Å². The average Bonchev–Trinajstić information content (AvgIpc) is 2.76. The summed E-state index contributed by atoms with van der Waals surface area (Å²) in [5.74, 6) is 0.0995. The van der Waals surface area contributed by atoms with Crippen molar-refractivity contribution in [2.75, 3.05) is 13.2 Å². The van der Waals surface area contributed by atoms with Crippen molar-refractivity contribution in [1.82, 2.24) is 14.9 Å². The van der Waals surface area contributed by atoms with Crippen molar-refractivity contribution >= 4 is 28.5 Å². The Hall–Kier alpha value is -2.70. The molecule has 3 aromatic rings. The lowest BCUT2D eigenvalue weighted by Crippen LogP contribution is -2.29. The van der Waals surface area contributed by atoms with Gasteiger partial charge in [0.05, 0.1) is 5.52 Å². The van der Waals surface area contributed by atoms with E-state index in [1.165, 1.54) is 0 Å². The first-order chi connectivity index (χ1) is 14.5. The van der Waals surface area contributed by atoms with Crippen LogP contribution in [-0.4, -0.2) is 28.7 Å². The minimum Gasteiger partial charge on any atom is -0.381 e. The van der Waals surface area contributed by atoms with Crippen LogP contribution in [0.15, 0.2) is 47.4 Å². The zero-order chi connectivity index (χ0) is 21.1. The van der Waals surface area contributed by atoms with Gasteiger partial charge in [0, 0.05) is 43.7 Å². The molecule has 0 aliphatic carbocycles. The number of rotatable bonds is 5. The number of benzene rings is 1. The molecular weight excluding hydrogens is 402 g/mol. The van der Waals surface area contributed by atoms with Crippen LogP contribution in [0.1, 0.15) is 34.5 Å². The summed E-state index contributed by atoms with van der Waals surface area (Å²) < 4.78 is 7.20. The summed E-state index contributed by atoms with van der Waals surface area (Å²) in [4.78, 5) is 30.4. The number of fused-ring (bicyclic) bond motifs is 1. The van der Waals surface area contributed by atoms with Gasteiger partial charge in [0.2, 0.25) is 5.43 Å². The molecule has 0 unspecified atom stereocenters. The molecule has 30 heavy (non-hydrogen) atoms. The number of carbonyl (C=O) groups excluding carboxylic acids is 1. The number of aryl methyl sites for hydroxylation is 1. The lowest BCUT2D eigenvalue weighted by atomic mass is 9.94. The molecule has 1 fully saturated rings. The summed E-state index contributed by atoms with van der Waals surface area (Å²) in [7, 11) is 1.82. The summed E-state index contributed by atoms with van der Waals surface area (Å²) in [6.45, 7) is 1.87. The maximum atomic E-state index is 13.0. The fourth-order valence-corrected chi connectivity index (χ4v) is 3.92. The highest BCUT2D eigenvalue weighted by Crippen LogP contribution is 2.20. The van der Waals surface area contributed by atoms with E-state index in [1.54, 1.807) is 22.9 Å². The van der Waals surface area contributed by atoms with Crippen LogP contribution in [0.5, 0.6) is 0 Å². The topological polar surface area (TPSA) is 73.2 Å². The molecule has 0 atom stereocenters. The number of halogens is 1. The first kappa shape index (κ1) is 20.6. The Kier molecular flexibility index (Phi) is 6.16. The third-order valence-corrected chi connectivity index (χ3v) is 5.80. The molecule has 1 amide bonds. The van der Waals surface area contributed by atoms with Crippen LogP contribution in [-0.2, 0) is 24.8 Å². The predicted molar refractivity (Wildman–Crippen MR) is 117 cm³/mol. The Bertz CT molecular complexity index is 1120. The number of amides is 1. The number of aromatic nitrogens is 2. The molecular formula is C23H24ClN3O3. The molecule has 0 bridgehead atoms. The molecule has 1 N–H and O–H groups in total. The highest BCUT2D eigenvalue weighted by atomic mass is 35.5. The van der Waals surface area contributed by atoms with Gasteiger partial charge in [0.25, 0.3) is 5.91 Å². The average molecular weight is 426 g/mol. The molecule has 7 heteroatoms. The van der Waals surface area contributed by atoms with Crippen LogP contribution in [0.25, 0.3) is 11.0 Å². The standard InChI is InChI=1S/C23H24ClN3O3/c1-27-14-19(23(29)25-13-16-2-4-17(24)5-3-16)22(28)21-20(27)7-6-18(26-21)12-15-8-10-30-11-9-15/h2-7,14-15H,8-13H2,1H3,(H,25,29). The van der Waals surface area contributed by atoms with E-state index in [0.717, 1.165) is 43.7 Å². The molecule has 6 nitrogen and oxygen atoms in total. The van der Waals surface area contributed by atoms with Gasteiger partial charge in [-0.25, -0.2) is 4.98 Å². The van der Waals surface area contributed by atoms with Crippen molar-refractivity contribution in [3.63, 3.8) is 0 Å². The van der Waals surface area contributed by atoms with Crippen LogP contribution < -0.4 is 10.7 Å². The molecule has 1 aliphatic heterocycles. The number of hydrogen-bond acceptors (Lipinski definition) is 4. The van der Waals surface area contributed by atoms with Gasteiger partial charge in [-0.05, 0) is 55.0 Å². The van der Waals surface area contributed by atoms with Crippen LogP contribution in [0.4, 0.5) is 0 Å². The lowest BCUT2D eigenvalue weighted by molar-refractivity contribution is 0.0663. The molecule has 3 heterocycles. The number of hydrogen-bond donors (Lipinski definition) is 1. The van der Waals surface area contributed by atoms with Gasteiger partial charge in [0.15, 0.2) is 0 Å². The highest BCUT2D eigenvalue weighted by Gasteiger charge is 2.18. The van der Waals surface area contributed by atoms with Crippen molar-refractivity contribution < 1.29 is 9.53 Å². The van der Waals surface area contributed by atoms with Crippen molar-refractivity contribution in [2.45, 2.75) is 25.8 Å². The SMILES string of the molecule is Cn1cc(C(=O)NCc2ccc(Cl)cc2)c(=O)c2nc(CC3CCOCC3)ccc21. The second kappa shape index (κ2) is 8.98. The molecule has 4 rings (SSSR count). The van der Waals surface area contributed by atoms with Gasteiger partial charge < -0.3 is 14.6 Å². The van der Waals surface area contributed by atoms with Crippen LogP contribution >= 0.6 is 11.6 Å². The Balaban J connectivity index is 1.58. The number of nitrogens with zero attached hydrogens (tertiary/aromatic N) is 2. The Morgan fingerprint density at radius 2 is 1.93 bits per heavy atom. The largest absolute Gasteiger partial charge is 0.381 e.